The fraction of sp³-hybridized carbons (Fsp3) is 0.111. The molecule has 0 spiro atoms. The van der Waals surface area contributed by atoms with Gasteiger partial charge in [-0.1, -0.05) is 54.6 Å². The van der Waals surface area contributed by atoms with Crippen LogP contribution >= 0.6 is 0 Å². The van der Waals surface area contributed by atoms with E-state index in [4.69, 9.17) is 0 Å². The van der Waals surface area contributed by atoms with Crippen LogP contribution in [0, 0.1) is 0 Å². The molecule has 3 aromatic rings. The zero-order valence-electron chi connectivity index (χ0n) is 12.3. The number of rotatable bonds is 3. The molecular weight excluding hydrogens is 310 g/mol. The first-order chi connectivity index (χ1) is 11.1. The molecule has 5 heteroatoms. The second-order valence-electron chi connectivity index (χ2n) is 5.59. The molecule has 116 valence electrons. The second-order valence-corrected chi connectivity index (χ2v) is 7.42. The molecule has 0 amide bonds. The van der Waals surface area contributed by atoms with Crippen LogP contribution in [0.4, 0.5) is 5.69 Å². The Balaban J connectivity index is 1.81. The number of aliphatic hydroxyl groups excluding tert-OH is 1. The van der Waals surface area contributed by atoms with Gasteiger partial charge in [-0.15, -0.1) is 0 Å². The van der Waals surface area contributed by atoms with Crippen molar-refractivity contribution in [1.29, 1.82) is 0 Å². The van der Waals surface area contributed by atoms with Crippen molar-refractivity contribution in [2.24, 2.45) is 0 Å². The molecule has 4 rings (SSSR count). The molecule has 1 aliphatic heterocycles. The smallest absolute Gasteiger partial charge is 0.265 e. The van der Waals surface area contributed by atoms with Gasteiger partial charge in [0.2, 0.25) is 0 Å². The van der Waals surface area contributed by atoms with Crippen LogP contribution in [0.25, 0.3) is 10.8 Å². The van der Waals surface area contributed by atoms with Crippen LogP contribution in [-0.2, 0) is 10.0 Å². The van der Waals surface area contributed by atoms with Gasteiger partial charge in [0.25, 0.3) is 10.0 Å². The van der Waals surface area contributed by atoms with Gasteiger partial charge in [-0.3, -0.25) is 4.31 Å². The van der Waals surface area contributed by atoms with E-state index >= 15 is 0 Å². The lowest BCUT2D eigenvalue weighted by molar-refractivity contribution is 0.188. The Hall–Kier alpha value is -2.37. The van der Waals surface area contributed by atoms with Crippen molar-refractivity contribution in [1.82, 2.24) is 0 Å². The molecule has 0 saturated carbocycles. The first-order valence-corrected chi connectivity index (χ1v) is 8.80. The highest BCUT2D eigenvalue weighted by Gasteiger charge is 2.36. The first-order valence-electron chi connectivity index (χ1n) is 7.36. The van der Waals surface area contributed by atoms with Crippen molar-refractivity contribution in [3.05, 3.63) is 72.3 Å². The van der Waals surface area contributed by atoms with E-state index in [-0.39, 0.29) is 6.54 Å². The van der Waals surface area contributed by atoms with Gasteiger partial charge in [0.1, 0.15) is 0 Å². The maximum Gasteiger partial charge on any atom is 0.265 e. The van der Waals surface area contributed by atoms with E-state index in [1.54, 1.807) is 30.3 Å². The number of hydrogen-bond acceptors (Lipinski definition) is 3. The number of benzene rings is 3. The lowest BCUT2D eigenvalue weighted by atomic mass is 10.1. The summed E-state index contributed by atoms with van der Waals surface area (Å²) >= 11 is 0. The Morgan fingerprint density at radius 1 is 0.913 bits per heavy atom. The van der Waals surface area contributed by atoms with Gasteiger partial charge < -0.3 is 5.11 Å². The van der Waals surface area contributed by atoms with Crippen molar-refractivity contribution >= 4 is 26.5 Å². The molecule has 0 aromatic heterocycles. The molecule has 1 unspecified atom stereocenters. The Morgan fingerprint density at radius 3 is 2.35 bits per heavy atom. The highest BCUT2D eigenvalue weighted by molar-refractivity contribution is 7.93. The largest absolute Gasteiger partial charge is 0.387 e. The minimum atomic E-state index is -3.63. The van der Waals surface area contributed by atoms with Crippen LogP contribution < -0.4 is 4.31 Å². The molecule has 0 bridgehead atoms. The Labute approximate surface area is 134 Å². The molecule has 1 heterocycles. The average Bonchev–Trinajstić information content (AvgIpc) is 2.79. The number of β-amino-alcohol motifs (C(OH)–C–C–N with tert-alkyl or cyclic N) is 1. The highest BCUT2D eigenvalue weighted by atomic mass is 32.2. The van der Waals surface area contributed by atoms with Crippen LogP contribution in [0.15, 0.2) is 71.6 Å². The summed E-state index contributed by atoms with van der Waals surface area (Å²) in [5.41, 5.74) is 1.33. The van der Waals surface area contributed by atoms with Crippen LogP contribution in [0.5, 0.6) is 0 Å². The molecule has 1 atom stereocenters. The molecular formula is C18H15NO3S. The fourth-order valence-electron chi connectivity index (χ4n) is 3.09. The number of nitrogens with zero attached hydrogens (tertiary/aromatic N) is 1. The predicted octanol–water partition coefficient (Wildman–Crippen LogP) is 3.08. The summed E-state index contributed by atoms with van der Waals surface area (Å²) in [5, 5.41) is 12.1. The van der Waals surface area contributed by atoms with Crippen molar-refractivity contribution in [3.63, 3.8) is 0 Å². The molecule has 0 radical (unpaired) electrons. The lowest BCUT2D eigenvalue weighted by Crippen LogP contribution is -2.31. The summed E-state index contributed by atoms with van der Waals surface area (Å²) in [7, 11) is -3.63. The van der Waals surface area contributed by atoms with Gasteiger partial charge in [-0.05, 0) is 23.1 Å². The van der Waals surface area contributed by atoms with Gasteiger partial charge in [-0.2, -0.15) is 0 Å². The molecule has 3 aromatic carbocycles. The molecule has 23 heavy (non-hydrogen) atoms. The quantitative estimate of drug-likeness (QED) is 0.805. The molecule has 1 aliphatic rings. The topological polar surface area (TPSA) is 57.6 Å². The number of hydrogen-bond donors (Lipinski definition) is 1. The average molecular weight is 325 g/mol. The van der Waals surface area contributed by atoms with Gasteiger partial charge >= 0.3 is 0 Å². The van der Waals surface area contributed by atoms with Gasteiger partial charge in [0, 0.05) is 5.39 Å². The second kappa shape index (κ2) is 5.08. The molecule has 4 nitrogen and oxygen atoms in total. The molecule has 1 N–H and O–H groups in total. The summed E-state index contributed by atoms with van der Waals surface area (Å²) in [6.45, 7) is 0.000139. The highest BCUT2D eigenvalue weighted by Crippen LogP contribution is 2.42. The number of sulfonamides is 1. The maximum absolute atomic E-state index is 12.8. The third kappa shape index (κ3) is 2.12. The SMILES string of the molecule is O=S1(=O)c2cccc3cccc(c23)N1CC(O)c1ccccc1. The summed E-state index contributed by atoms with van der Waals surface area (Å²) in [4.78, 5) is 0.311. The third-order valence-electron chi connectivity index (χ3n) is 4.20. The minimum absolute atomic E-state index is 0.000139. The molecule has 0 saturated heterocycles. The monoisotopic (exact) mass is 325 g/mol. The van der Waals surface area contributed by atoms with Crippen molar-refractivity contribution < 1.29 is 13.5 Å². The summed E-state index contributed by atoms with van der Waals surface area (Å²) < 4.78 is 27.0. The van der Waals surface area contributed by atoms with Crippen molar-refractivity contribution in [3.8, 4) is 0 Å². The van der Waals surface area contributed by atoms with Crippen molar-refractivity contribution in [2.75, 3.05) is 10.8 Å². The van der Waals surface area contributed by atoms with Crippen LogP contribution in [0.1, 0.15) is 11.7 Å². The summed E-state index contributed by atoms with van der Waals surface area (Å²) in [6.07, 6.45) is -0.879. The zero-order chi connectivity index (χ0) is 16.0. The van der Waals surface area contributed by atoms with E-state index in [9.17, 15) is 13.5 Å². The fourth-order valence-corrected chi connectivity index (χ4v) is 4.81. The third-order valence-corrected chi connectivity index (χ3v) is 6.03. The van der Waals surface area contributed by atoms with Crippen molar-refractivity contribution in [2.45, 2.75) is 11.0 Å². The molecule has 0 fully saturated rings. The minimum Gasteiger partial charge on any atom is -0.387 e. The van der Waals surface area contributed by atoms with Gasteiger partial charge in [0.05, 0.1) is 23.2 Å². The van der Waals surface area contributed by atoms with Crippen LogP contribution in [-0.4, -0.2) is 20.1 Å². The predicted molar refractivity (Wildman–Crippen MR) is 89.9 cm³/mol. The lowest BCUT2D eigenvalue weighted by Gasteiger charge is -2.22. The number of anilines is 1. The number of aliphatic hydroxyl groups is 1. The van der Waals surface area contributed by atoms with E-state index in [2.05, 4.69) is 0 Å². The Bertz CT molecular complexity index is 978. The summed E-state index contributed by atoms with van der Waals surface area (Å²) in [6, 6.07) is 19.9. The zero-order valence-corrected chi connectivity index (χ0v) is 13.1. The first kappa shape index (κ1) is 14.2. The normalized spacial score (nSPS) is 16.7. The standard InChI is InChI=1S/C18H15NO3S/c20-16(13-6-2-1-3-7-13)12-19-15-10-4-8-14-9-5-11-17(18(14)15)23(19,21)22/h1-11,16,20H,12H2. The van der Waals surface area contributed by atoms with Crippen LogP contribution in [0.2, 0.25) is 0 Å². The van der Waals surface area contributed by atoms with E-state index in [0.29, 0.717) is 16.1 Å². The van der Waals surface area contributed by atoms with E-state index in [1.165, 1.54) is 4.31 Å². The van der Waals surface area contributed by atoms with Gasteiger partial charge in [0.15, 0.2) is 0 Å². The summed E-state index contributed by atoms with van der Waals surface area (Å²) in [5.74, 6) is 0. The molecule has 0 aliphatic carbocycles. The van der Waals surface area contributed by atoms with E-state index < -0.39 is 16.1 Å². The van der Waals surface area contributed by atoms with E-state index in [0.717, 1.165) is 10.8 Å². The Morgan fingerprint density at radius 2 is 1.61 bits per heavy atom. The van der Waals surface area contributed by atoms with Crippen LogP contribution in [0.3, 0.4) is 0 Å². The Kier molecular flexibility index (Phi) is 3.14. The van der Waals surface area contributed by atoms with Gasteiger partial charge in [-0.25, -0.2) is 8.42 Å². The maximum atomic E-state index is 12.8. The van der Waals surface area contributed by atoms with E-state index in [1.807, 2.05) is 36.4 Å².